The highest BCUT2D eigenvalue weighted by atomic mass is 79.9. The summed E-state index contributed by atoms with van der Waals surface area (Å²) in [5.41, 5.74) is 1.95. The van der Waals surface area contributed by atoms with Crippen LogP contribution in [0.4, 0.5) is 5.69 Å². The predicted octanol–water partition coefficient (Wildman–Crippen LogP) is 4.12. The second-order valence-corrected chi connectivity index (χ2v) is 6.33. The molecule has 0 amide bonds. The van der Waals surface area contributed by atoms with Gasteiger partial charge >= 0.3 is 5.97 Å². The fourth-order valence-corrected chi connectivity index (χ4v) is 3.26. The van der Waals surface area contributed by atoms with E-state index in [-0.39, 0.29) is 0 Å². The zero-order valence-corrected chi connectivity index (χ0v) is 14.4. The smallest absolute Gasteiger partial charge is 0.328 e. The molecule has 0 aromatic heterocycles. The van der Waals surface area contributed by atoms with E-state index in [0.717, 1.165) is 27.9 Å². The Bertz CT molecular complexity index is 491. The van der Waals surface area contributed by atoms with Gasteiger partial charge in [-0.2, -0.15) is 11.8 Å². The van der Waals surface area contributed by atoms with Crippen molar-refractivity contribution < 1.29 is 9.90 Å². The first-order valence-corrected chi connectivity index (χ1v) is 8.60. The molecule has 1 N–H and O–H groups in total. The third-order valence-electron chi connectivity index (χ3n) is 3.15. The van der Waals surface area contributed by atoms with E-state index in [9.17, 15) is 4.79 Å². The van der Waals surface area contributed by atoms with Crippen LogP contribution in [0.3, 0.4) is 0 Å². The van der Waals surface area contributed by atoms with Gasteiger partial charge in [0.05, 0.1) is 0 Å². The number of benzene rings is 1. The van der Waals surface area contributed by atoms with E-state index in [1.807, 2.05) is 30.0 Å². The summed E-state index contributed by atoms with van der Waals surface area (Å²) in [6.45, 7) is 2.17. The molecule has 0 aliphatic heterocycles. The van der Waals surface area contributed by atoms with Gasteiger partial charge in [0.25, 0.3) is 0 Å². The van der Waals surface area contributed by atoms with Crippen molar-refractivity contribution in [2.75, 3.05) is 24.0 Å². The summed E-state index contributed by atoms with van der Waals surface area (Å²) in [7, 11) is 2.06. The van der Waals surface area contributed by atoms with Crippen molar-refractivity contribution >= 4 is 45.4 Å². The Balaban J connectivity index is 3.12. The van der Waals surface area contributed by atoms with E-state index in [1.165, 1.54) is 6.08 Å². The number of thioether (sulfide) groups is 1. The van der Waals surface area contributed by atoms with Gasteiger partial charge in [-0.05, 0) is 42.5 Å². The summed E-state index contributed by atoms with van der Waals surface area (Å²) in [4.78, 5) is 12.9. The van der Waals surface area contributed by atoms with Crippen molar-refractivity contribution in [2.24, 2.45) is 0 Å². The number of carboxylic acid groups (broad SMARTS) is 1. The first-order chi connectivity index (χ1) is 9.49. The summed E-state index contributed by atoms with van der Waals surface area (Å²) in [5.74, 6) is 0.111. The first-order valence-electron chi connectivity index (χ1n) is 6.41. The standard InChI is InChI=1S/C15H20BrNO2S/c1-4-13(10-20-3)17(2)14-7-6-12(16)9-11(14)5-8-15(18)19/h5-9,13H,4,10H2,1-3H3,(H,18,19)/b8-5+. The van der Waals surface area contributed by atoms with Gasteiger partial charge in [-0.15, -0.1) is 0 Å². The molecule has 0 saturated carbocycles. The molecule has 3 nitrogen and oxygen atoms in total. The Morgan fingerprint density at radius 3 is 2.80 bits per heavy atom. The lowest BCUT2D eigenvalue weighted by atomic mass is 10.1. The lowest BCUT2D eigenvalue weighted by Crippen LogP contribution is -2.33. The number of carboxylic acids is 1. The minimum absolute atomic E-state index is 0.433. The molecule has 0 spiro atoms. The molecule has 110 valence electrons. The van der Waals surface area contributed by atoms with E-state index in [4.69, 9.17) is 5.11 Å². The molecular formula is C15H20BrNO2S. The number of halogens is 1. The van der Waals surface area contributed by atoms with Crippen LogP contribution in [0.15, 0.2) is 28.7 Å². The average molecular weight is 358 g/mol. The molecule has 5 heteroatoms. The number of hydrogen-bond donors (Lipinski definition) is 1. The van der Waals surface area contributed by atoms with Gasteiger partial charge in [0.15, 0.2) is 0 Å². The van der Waals surface area contributed by atoms with E-state index >= 15 is 0 Å². The molecule has 1 aromatic carbocycles. The molecule has 0 fully saturated rings. The SMILES string of the molecule is CCC(CSC)N(C)c1ccc(Br)cc1/C=C/C(=O)O. The minimum Gasteiger partial charge on any atom is -0.478 e. The zero-order valence-electron chi connectivity index (χ0n) is 12.0. The fourth-order valence-electron chi connectivity index (χ4n) is 2.03. The van der Waals surface area contributed by atoms with Crippen LogP contribution in [0.5, 0.6) is 0 Å². The monoisotopic (exact) mass is 357 g/mol. The van der Waals surface area contributed by atoms with Crippen molar-refractivity contribution in [2.45, 2.75) is 19.4 Å². The molecule has 20 heavy (non-hydrogen) atoms. The highest BCUT2D eigenvalue weighted by molar-refractivity contribution is 9.10. The van der Waals surface area contributed by atoms with Gasteiger partial charge in [0.1, 0.15) is 0 Å². The lowest BCUT2D eigenvalue weighted by Gasteiger charge is -2.30. The largest absolute Gasteiger partial charge is 0.478 e. The van der Waals surface area contributed by atoms with E-state index in [1.54, 1.807) is 6.08 Å². The summed E-state index contributed by atoms with van der Waals surface area (Å²) < 4.78 is 0.942. The third-order valence-corrected chi connectivity index (χ3v) is 4.36. The number of carbonyl (C=O) groups is 1. The highest BCUT2D eigenvalue weighted by Crippen LogP contribution is 2.27. The maximum absolute atomic E-state index is 10.7. The van der Waals surface area contributed by atoms with Crippen LogP contribution in [0.1, 0.15) is 18.9 Å². The van der Waals surface area contributed by atoms with Gasteiger partial charge in [0.2, 0.25) is 0 Å². The molecule has 0 aliphatic carbocycles. The van der Waals surface area contributed by atoms with Crippen LogP contribution in [0, 0.1) is 0 Å². The first kappa shape index (κ1) is 17.1. The summed E-state index contributed by atoms with van der Waals surface area (Å²) in [6.07, 6.45) is 5.97. The molecular weight excluding hydrogens is 338 g/mol. The number of hydrogen-bond acceptors (Lipinski definition) is 3. The quantitative estimate of drug-likeness (QED) is 0.745. The highest BCUT2D eigenvalue weighted by Gasteiger charge is 2.15. The van der Waals surface area contributed by atoms with Crippen molar-refractivity contribution in [1.82, 2.24) is 0 Å². The Hall–Kier alpha value is -0.940. The second-order valence-electron chi connectivity index (χ2n) is 4.50. The lowest BCUT2D eigenvalue weighted by molar-refractivity contribution is -0.131. The Morgan fingerprint density at radius 2 is 2.25 bits per heavy atom. The molecule has 0 heterocycles. The Labute approximate surface area is 133 Å². The summed E-state index contributed by atoms with van der Waals surface area (Å²) >= 11 is 5.25. The molecule has 0 bridgehead atoms. The molecule has 0 radical (unpaired) electrons. The molecule has 1 unspecified atom stereocenters. The maximum Gasteiger partial charge on any atom is 0.328 e. The van der Waals surface area contributed by atoms with Crippen LogP contribution in [0.2, 0.25) is 0 Å². The van der Waals surface area contributed by atoms with E-state index in [2.05, 4.69) is 41.1 Å². The van der Waals surface area contributed by atoms with Crippen molar-refractivity contribution in [3.8, 4) is 0 Å². The Kier molecular flexibility index (Phi) is 7.16. The van der Waals surface area contributed by atoms with Gasteiger partial charge < -0.3 is 10.0 Å². The van der Waals surface area contributed by atoms with Crippen molar-refractivity contribution in [3.63, 3.8) is 0 Å². The zero-order chi connectivity index (χ0) is 15.1. The third kappa shape index (κ3) is 4.87. The van der Waals surface area contributed by atoms with Gasteiger partial charge in [-0.3, -0.25) is 0 Å². The molecule has 1 aromatic rings. The average Bonchev–Trinajstić information content (AvgIpc) is 2.42. The fraction of sp³-hybridized carbons (Fsp3) is 0.400. The topological polar surface area (TPSA) is 40.5 Å². The van der Waals surface area contributed by atoms with Crippen LogP contribution < -0.4 is 4.90 Å². The number of nitrogens with zero attached hydrogens (tertiary/aromatic N) is 1. The molecule has 1 rings (SSSR count). The van der Waals surface area contributed by atoms with E-state index in [0.29, 0.717) is 6.04 Å². The number of anilines is 1. The van der Waals surface area contributed by atoms with Crippen molar-refractivity contribution in [3.05, 3.63) is 34.3 Å². The van der Waals surface area contributed by atoms with E-state index < -0.39 is 5.97 Å². The predicted molar refractivity (Wildman–Crippen MR) is 91.7 cm³/mol. The Morgan fingerprint density at radius 1 is 1.55 bits per heavy atom. The molecule has 0 aliphatic rings. The van der Waals surface area contributed by atoms with Crippen LogP contribution in [0.25, 0.3) is 6.08 Å². The number of aliphatic carboxylic acids is 1. The van der Waals surface area contributed by atoms with Gasteiger partial charge in [0, 0.05) is 35.1 Å². The summed E-state index contributed by atoms with van der Waals surface area (Å²) in [6, 6.07) is 6.38. The van der Waals surface area contributed by atoms with Crippen LogP contribution in [-0.2, 0) is 4.79 Å². The molecule has 0 saturated heterocycles. The second kappa shape index (κ2) is 8.37. The minimum atomic E-state index is -0.935. The summed E-state index contributed by atoms with van der Waals surface area (Å²) in [5, 5.41) is 8.80. The number of rotatable bonds is 7. The molecule has 1 atom stereocenters. The normalized spacial score (nSPS) is 12.6. The van der Waals surface area contributed by atoms with Gasteiger partial charge in [-0.25, -0.2) is 4.79 Å². The van der Waals surface area contributed by atoms with Crippen LogP contribution in [-0.4, -0.2) is 36.2 Å². The van der Waals surface area contributed by atoms with Crippen LogP contribution >= 0.6 is 27.7 Å². The van der Waals surface area contributed by atoms with Gasteiger partial charge in [-0.1, -0.05) is 22.9 Å². The maximum atomic E-state index is 10.7. The van der Waals surface area contributed by atoms with Crippen molar-refractivity contribution in [1.29, 1.82) is 0 Å².